The second-order valence-corrected chi connectivity index (χ2v) is 5.31. The van der Waals surface area contributed by atoms with Gasteiger partial charge in [-0.2, -0.15) is 0 Å². The van der Waals surface area contributed by atoms with Gasteiger partial charge in [0.25, 0.3) is 0 Å². The zero-order valence-electron chi connectivity index (χ0n) is 10.6. The maximum atomic E-state index is 4.21. The minimum Gasteiger partial charge on any atom is -0.0999 e. The van der Waals surface area contributed by atoms with Crippen molar-refractivity contribution in [2.24, 2.45) is 5.92 Å². The van der Waals surface area contributed by atoms with Gasteiger partial charge >= 0.3 is 0 Å². The molecular weight excluding hydrogens is 204 g/mol. The van der Waals surface area contributed by atoms with Crippen molar-refractivity contribution in [2.75, 3.05) is 0 Å². The van der Waals surface area contributed by atoms with E-state index in [9.17, 15) is 0 Å². The Hall–Kier alpha value is -1.30. The van der Waals surface area contributed by atoms with E-state index in [0.29, 0.717) is 0 Å². The average Bonchev–Trinajstić information content (AvgIpc) is 2.74. The number of allylic oxidation sites excluding steroid dienone is 2. The molecular formula is C17H22. The fraction of sp³-hybridized carbons (Fsp3) is 0.412. The highest BCUT2D eigenvalue weighted by Crippen LogP contribution is 2.33. The van der Waals surface area contributed by atoms with E-state index in [4.69, 9.17) is 0 Å². The van der Waals surface area contributed by atoms with Crippen molar-refractivity contribution in [1.82, 2.24) is 0 Å². The van der Waals surface area contributed by atoms with Crippen LogP contribution in [0.3, 0.4) is 0 Å². The molecule has 0 N–H and O–H groups in total. The molecule has 0 bridgehead atoms. The van der Waals surface area contributed by atoms with Crippen LogP contribution in [0.15, 0.2) is 54.6 Å². The van der Waals surface area contributed by atoms with Crippen molar-refractivity contribution in [3.63, 3.8) is 0 Å². The van der Waals surface area contributed by atoms with Crippen LogP contribution in [-0.4, -0.2) is 0 Å². The first kappa shape index (κ1) is 12.2. The summed E-state index contributed by atoms with van der Waals surface area (Å²) in [6, 6.07) is 10.6. The van der Waals surface area contributed by atoms with Gasteiger partial charge in [0.05, 0.1) is 0 Å². The molecule has 0 heteroatoms. The van der Waals surface area contributed by atoms with Gasteiger partial charge in [0.15, 0.2) is 0 Å². The Morgan fingerprint density at radius 3 is 2.65 bits per heavy atom. The molecule has 1 fully saturated rings. The van der Waals surface area contributed by atoms with Crippen LogP contribution in [0.2, 0.25) is 0 Å². The van der Waals surface area contributed by atoms with Crippen LogP contribution in [0.25, 0.3) is 0 Å². The summed E-state index contributed by atoms with van der Waals surface area (Å²) in [6.45, 7) is 8.28. The molecule has 0 amide bonds. The second kappa shape index (κ2) is 5.86. The summed E-state index contributed by atoms with van der Waals surface area (Å²) in [5, 5.41) is 0. The minimum atomic E-state index is 0.870. The lowest BCUT2D eigenvalue weighted by Gasteiger charge is -2.10. The van der Waals surface area contributed by atoms with Crippen molar-refractivity contribution in [2.45, 2.75) is 38.5 Å². The quantitative estimate of drug-likeness (QED) is 0.625. The lowest BCUT2D eigenvalue weighted by molar-refractivity contribution is 0.507. The molecule has 1 unspecified atom stereocenters. The Balaban J connectivity index is 1.73. The first-order valence-corrected chi connectivity index (χ1v) is 6.61. The van der Waals surface area contributed by atoms with E-state index in [1.165, 1.54) is 48.8 Å². The molecule has 0 saturated heterocycles. The topological polar surface area (TPSA) is 0 Å². The summed E-state index contributed by atoms with van der Waals surface area (Å²) >= 11 is 0. The van der Waals surface area contributed by atoms with Gasteiger partial charge in [0, 0.05) is 0 Å². The second-order valence-electron chi connectivity index (χ2n) is 5.31. The maximum absolute atomic E-state index is 4.21. The van der Waals surface area contributed by atoms with Crippen molar-refractivity contribution < 1.29 is 0 Å². The van der Waals surface area contributed by atoms with E-state index >= 15 is 0 Å². The van der Waals surface area contributed by atoms with Crippen LogP contribution in [0, 0.1) is 5.92 Å². The molecule has 90 valence electrons. The third-order valence-electron chi connectivity index (χ3n) is 3.69. The summed E-state index contributed by atoms with van der Waals surface area (Å²) < 4.78 is 0. The summed E-state index contributed by atoms with van der Waals surface area (Å²) in [5.41, 5.74) is 4.20. The lowest BCUT2D eigenvalue weighted by Crippen LogP contribution is -1.96. The zero-order valence-corrected chi connectivity index (χ0v) is 10.6. The standard InChI is InChI=1S/C17H22/c1-14(12-16-6-4-3-5-7-16)8-10-17-11-9-15(2)13-17/h3-7,17H,1-2,8-13H2. The predicted octanol–water partition coefficient (Wildman–Crippen LogP) is 4.92. The monoisotopic (exact) mass is 226 g/mol. The molecule has 17 heavy (non-hydrogen) atoms. The summed E-state index contributed by atoms with van der Waals surface area (Å²) in [4.78, 5) is 0. The van der Waals surface area contributed by atoms with E-state index in [-0.39, 0.29) is 0 Å². The van der Waals surface area contributed by atoms with Gasteiger partial charge in [0.2, 0.25) is 0 Å². The van der Waals surface area contributed by atoms with Crippen molar-refractivity contribution in [3.8, 4) is 0 Å². The van der Waals surface area contributed by atoms with Crippen molar-refractivity contribution in [3.05, 3.63) is 60.2 Å². The minimum absolute atomic E-state index is 0.870. The largest absolute Gasteiger partial charge is 0.0999 e. The SMILES string of the molecule is C=C(CCC1CCC(=C)C1)Cc1ccccc1. The highest BCUT2D eigenvalue weighted by atomic mass is 14.2. The first-order valence-electron chi connectivity index (χ1n) is 6.61. The Morgan fingerprint density at radius 1 is 1.24 bits per heavy atom. The molecule has 0 radical (unpaired) electrons. The van der Waals surface area contributed by atoms with Crippen molar-refractivity contribution in [1.29, 1.82) is 0 Å². The third kappa shape index (κ3) is 3.89. The average molecular weight is 226 g/mol. The Kier molecular flexibility index (Phi) is 4.19. The van der Waals surface area contributed by atoms with E-state index in [0.717, 1.165) is 12.3 Å². The summed E-state index contributed by atoms with van der Waals surface area (Å²) in [7, 11) is 0. The number of hydrogen-bond donors (Lipinski definition) is 0. The lowest BCUT2D eigenvalue weighted by atomic mass is 9.95. The summed E-state index contributed by atoms with van der Waals surface area (Å²) in [6.07, 6.45) is 7.35. The molecule has 1 aromatic carbocycles. The van der Waals surface area contributed by atoms with E-state index in [2.05, 4.69) is 43.5 Å². The number of rotatable bonds is 5. The summed E-state index contributed by atoms with van der Waals surface area (Å²) in [5.74, 6) is 0.870. The first-order chi connectivity index (χ1) is 8.24. The molecule has 1 aromatic rings. The highest BCUT2D eigenvalue weighted by Gasteiger charge is 2.17. The molecule has 1 atom stereocenters. The van der Waals surface area contributed by atoms with Crippen LogP contribution >= 0.6 is 0 Å². The van der Waals surface area contributed by atoms with Crippen LogP contribution in [0.1, 0.15) is 37.7 Å². The smallest absolute Gasteiger partial charge is 0.00698 e. The normalized spacial score (nSPS) is 19.5. The zero-order chi connectivity index (χ0) is 12.1. The Labute approximate surface area is 105 Å². The molecule has 1 aliphatic carbocycles. The van der Waals surface area contributed by atoms with Gasteiger partial charge in [-0.1, -0.05) is 54.6 Å². The molecule has 0 spiro atoms. The van der Waals surface area contributed by atoms with Gasteiger partial charge in [-0.15, -0.1) is 0 Å². The maximum Gasteiger partial charge on any atom is -0.00698 e. The predicted molar refractivity (Wildman–Crippen MR) is 75.0 cm³/mol. The van der Waals surface area contributed by atoms with Gasteiger partial charge in [-0.25, -0.2) is 0 Å². The molecule has 0 heterocycles. The molecule has 1 saturated carbocycles. The van der Waals surface area contributed by atoms with E-state index < -0.39 is 0 Å². The molecule has 1 aliphatic rings. The van der Waals surface area contributed by atoms with Crippen LogP contribution in [0.5, 0.6) is 0 Å². The van der Waals surface area contributed by atoms with Gasteiger partial charge in [-0.3, -0.25) is 0 Å². The van der Waals surface area contributed by atoms with Gasteiger partial charge in [0.1, 0.15) is 0 Å². The van der Waals surface area contributed by atoms with Gasteiger partial charge < -0.3 is 0 Å². The Bertz CT molecular complexity index is 386. The number of hydrogen-bond acceptors (Lipinski definition) is 0. The number of benzene rings is 1. The third-order valence-corrected chi connectivity index (χ3v) is 3.69. The fourth-order valence-electron chi connectivity index (χ4n) is 2.65. The van der Waals surface area contributed by atoms with Crippen LogP contribution in [-0.2, 0) is 6.42 Å². The molecule has 2 rings (SSSR count). The Morgan fingerprint density at radius 2 is 2.00 bits per heavy atom. The fourth-order valence-corrected chi connectivity index (χ4v) is 2.65. The van der Waals surface area contributed by atoms with E-state index in [1.54, 1.807) is 0 Å². The highest BCUT2D eigenvalue weighted by molar-refractivity contribution is 5.20. The van der Waals surface area contributed by atoms with Crippen molar-refractivity contribution >= 4 is 0 Å². The van der Waals surface area contributed by atoms with Gasteiger partial charge in [-0.05, 0) is 50.0 Å². The molecule has 0 aromatic heterocycles. The molecule has 0 aliphatic heterocycles. The van der Waals surface area contributed by atoms with Crippen LogP contribution < -0.4 is 0 Å². The molecule has 0 nitrogen and oxygen atoms in total. The van der Waals surface area contributed by atoms with E-state index in [1.807, 2.05) is 0 Å². The van der Waals surface area contributed by atoms with Crippen LogP contribution in [0.4, 0.5) is 0 Å².